The van der Waals surface area contributed by atoms with Crippen LogP contribution < -0.4 is 20.1 Å². The fraction of sp³-hybridized carbons (Fsp3) is 0.318. The molecule has 0 aliphatic carbocycles. The number of pyridine rings is 2. The standard InChI is InChI=1S/C22H23FN6O5S/c1-12-17(9-27-21-20(12)25-3-4-33-21)16-5-13-7-19(26-8-14(13)6-18(16)23)28-22(30)34-15-10-29(11-15)35(31,32)24-2/h5-9,15,24-25H,3-4,10-11H2,1-2H3,(H,26,28,30). The molecule has 4 heterocycles. The van der Waals surface area contributed by atoms with Crippen molar-refractivity contribution >= 4 is 38.6 Å². The number of halogens is 1. The third-order valence-corrected chi connectivity index (χ3v) is 7.45. The second-order valence-corrected chi connectivity index (χ2v) is 10.1. The Bertz CT molecular complexity index is 1430. The highest BCUT2D eigenvalue weighted by molar-refractivity contribution is 7.87. The molecule has 0 atom stereocenters. The number of fused-ring (bicyclic) bond motifs is 2. The van der Waals surface area contributed by atoms with E-state index in [0.29, 0.717) is 40.9 Å². The second kappa shape index (κ2) is 8.91. The Balaban J connectivity index is 1.34. The summed E-state index contributed by atoms with van der Waals surface area (Å²) in [5.74, 6) is 0.285. The lowest BCUT2D eigenvalue weighted by Crippen LogP contribution is -2.57. The van der Waals surface area contributed by atoms with E-state index in [9.17, 15) is 13.2 Å². The van der Waals surface area contributed by atoms with E-state index in [-0.39, 0.29) is 18.9 Å². The fourth-order valence-electron chi connectivity index (χ4n) is 4.02. The predicted octanol–water partition coefficient (Wildman–Crippen LogP) is 2.25. The van der Waals surface area contributed by atoms with Gasteiger partial charge in [0.1, 0.15) is 30.0 Å². The van der Waals surface area contributed by atoms with Crippen LogP contribution in [0, 0.1) is 12.7 Å². The molecule has 2 aromatic heterocycles. The van der Waals surface area contributed by atoms with Crippen LogP contribution in [0.5, 0.6) is 5.88 Å². The molecular formula is C22H23FN6O5S. The highest BCUT2D eigenvalue weighted by Crippen LogP contribution is 2.37. The average molecular weight is 503 g/mol. The molecule has 0 unspecified atom stereocenters. The molecule has 184 valence electrons. The van der Waals surface area contributed by atoms with E-state index in [1.807, 2.05) is 6.92 Å². The van der Waals surface area contributed by atoms with Gasteiger partial charge in [0, 0.05) is 42.5 Å². The van der Waals surface area contributed by atoms with Crippen LogP contribution in [0.3, 0.4) is 0 Å². The maximum atomic E-state index is 15.0. The summed E-state index contributed by atoms with van der Waals surface area (Å²) >= 11 is 0. The number of carbonyl (C=O) groups is 1. The van der Waals surface area contributed by atoms with Crippen molar-refractivity contribution in [1.29, 1.82) is 0 Å². The number of aromatic nitrogens is 2. The van der Waals surface area contributed by atoms with Crippen LogP contribution >= 0.6 is 0 Å². The molecule has 2 aliphatic heterocycles. The maximum Gasteiger partial charge on any atom is 0.413 e. The Kier molecular flexibility index (Phi) is 5.91. The quantitative estimate of drug-likeness (QED) is 0.484. The zero-order valence-corrected chi connectivity index (χ0v) is 19.8. The largest absolute Gasteiger partial charge is 0.474 e. The first-order valence-corrected chi connectivity index (χ1v) is 12.3. The lowest BCUT2D eigenvalue weighted by atomic mass is 9.98. The topological polar surface area (TPSA) is 135 Å². The summed E-state index contributed by atoms with van der Waals surface area (Å²) in [6, 6.07) is 4.67. The Morgan fingerprint density at radius 2 is 2.00 bits per heavy atom. The molecule has 2 aliphatic rings. The summed E-state index contributed by atoms with van der Waals surface area (Å²) in [5.41, 5.74) is 2.54. The van der Waals surface area contributed by atoms with Gasteiger partial charge >= 0.3 is 6.09 Å². The molecule has 0 spiro atoms. The number of rotatable bonds is 5. The van der Waals surface area contributed by atoms with Gasteiger partial charge in [0.05, 0.1) is 13.1 Å². The number of nitrogens with zero attached hydrogens (tertiary/aromatic N) is 3. The minimum atomic E-state index is -3.54. The first-order valence-electron chi connectivity index (χ1n) is 10.9. The zero-order valence-electron chi connectivity index (χ0n) is 19.0. The first kappa shape index (κ1) is 23.2. The number of amides is 1. The Labute approximate surface area is 200 Å². The normalized spacial score (nSPS) is 16.1. The number of ether oxygens (including phenoxy) is 2. The van der Waals surface area contributed by atoms with Crippen molar-refractivity contribution in [3.63, 3.8) is 0 Å². The fourth-order valence-corrected chi connectivity index (χ4v) is 5.00. The van der Waals surface area contributed by atoms with Gasteiger partial charge in [-0.2, -0.15) is 12.7 Å². The molecule has 1 fully saturated rings. The number of benzene rings is 1. The summed E-state index contributed by atoms with van der Waals surface area (Å²) < 4.78 is 52.5. The smallest absolute Gasteiger partial charge is 0.413 e. The summed E-state index contributed by atoms with van der Waals surface area (Å²) in [5, 5.41) is 7.00. The highest BCUT2D eigenvalue weighted by atomic mass is 32.2. The van der Waals surface area contributed by atoms with E-state index in [2.05, 4.69) is 25.3 Å². The molecule has 35 heavy (non-hydrogen) atoms. The van der Waals surface area contributed by atoms with Gasteiger partial charge < -0.3 is 14.8 Å². The van der Waals surface area contributed by atoms with Gasteiger partial charge in [0.25, 0.3) is 10.2 Å². The summed E-state index contributed by atoms with van der Waals surface area (Å²) in [7, 11) is -2.23. The third kappa shape index (κ3) is 4.45. The van der Waals surface area contributed by atoms with Crippen LogP contribution in [0.4, 0.5) is 20.7 Å². The number of hydrogen-bond donors (Lipinski definition) is 3. The zero-order chi connectivity index (χ0) is 24.7. The van der Waals surface area contributed by atoms with E-state index in [0.717, 1.165) is 15.6 Å². The predicted molar refractivity (Wildman–Crippen MR) is 127 cm³/mol. The minimum absolute atomic E-state index is 0.0679. The number of hydrogen-bond acceptors (Lipinski definition) is 8. The van der Waals surface area contributed by atoms with Crippen LogP contribution in [0.2, 0.25) is 0 Å². The van der Waals surface area contributed by atoms with Gasteiger partial charge in [-0.25, -0.2) is 23.9 Å². The molecular weight excluding hydrogens is 479 g/mol. The van der Waals surface area contributed by atoms with Gasteiger partial charge in [-0.1, -0.05) is 0 Å². The minimum Gasteiger partial charge on any atom is -0.474 e. The Hall–Kier alpha value is -3.55. The summed E-state index contributed by atoms with van der Waals surface area (Å²) in [6.45, 7) is 3.17. The summed E-state index contributed by atoms with van der Waals surface area (Å²) in [6.07, 6.45) is 1.72. The Morgan fingerprint density at radius 1 is 1.20 bits per heavy atom. The molecule has 0 bridgehead atoms. The number of nitrogens with one attached hydrogen (secondary N) is 3. The molecule has 11 nitrogen and oxygen atoms in total. The van der Waals surface area contributed by atoms with E-state index < -0.39 is 28.2 Å². The van der Waals surface area contributed by atoms with Crippen molar-refractivity contribution < 1.29 is 27.1 Å². The number of anilines is 2. The first-order chi connectivity index (χ1) is 16.7. The van der Waals surface area contributed by atoms with Crippen molar-refractivity contribution in [1.82, 2.24) is 19.0 Å². The molecule has 0 radical (unpaired) electrons. The van der Waals surface area contributed by atoms with Crippen LogP contribution in [-0.4, -0.2) is 68.2 Å². The number of carbonyl (C=O) groups excluding carboxylic acids is 1. The molecule has 1 amide bonds. The summed E-state index contributed by atoms with van der Waals surface area (Å²) in [4.78, 5) is 20.7. The molecule has 0 saturated carbocycles. The highest BCUT2D eigenvalue weighted by Gasteiger charge is 2.37. The second-order valence-electron chi connectivity index (χ2n) is 8.18. The lowest BCUT2D eigenvalue weighted by molar-refractivity contribution is 0.0341. The molecule has 13 heteroatoms. The van der Waals surface area contributed by atoms with Crippen LogP contribution in [0.25, 0.3) is 21.9 Å². The van der Waals surface area contributed by atoms with Gasteiger partial charge in [-0.3, -0.25) is 5.32 Å². The van der Waals surface area contributed by atoms with Crippen molar-refractivity contribution in [2.45, 2.75) is 13.0 Å². The van der Waals surface area contributed by atoms with E-state index in [4.69, 9.17) is 9.47 Å². The van der Waals surface area contributed by atoms with Crippen LogP contribution in [0.15, 0.2) is 30.6 Å². The molecule has 1 saturated heterocycles. The lowest BCUT2D eigenvalue weighted by Gasteiger charge is -2.36. The van der Waals surface area contributed by atoms with Gasteiger partial charge in [-0.05, 0) is 36.1 Å². The van der Waals surface area contributed by atoms with Gasteiger partial charge in [-0.15, -0.1) is 0 Å². The van der Waals surface area contributed by atoms with E-state index in [1.54, 1.807) is 18.3 Å². The van der Waals surface area contributed by atoms with Crippen molar-refractivity contribution in [3.8, 4) is 17.0 Å². The van der Waals surface area contributed by atoms with Crippen LogP contribution in [-0.2, 0) is 14.9 Å². The average Bonchev–Trinajstić information content (AvgIpc) is 2.81. The van der Waals surface area contributed by atoms with E-state index in [1.165, 1.54) is 19.3 Å². The Morgan fingerprint density at radius 3 is 2.77 bits per heavy atom. The molecule has 3 N–H and O–H groups in total. The molecule has 5 rings (SSSR count). The van der Waals surface area contributed by atoms with E-state index >= 15 is 4.39 Å². The third-order valence-electron chi connectivity index (χ3n) is 5.96. The van der Waals surface area contributed by atoms with Crippen LogP contribution in [0.1, 0.15) is 5.56 Å². The molecule has 1 aromatic carbocycles. The monoisotopic (exact) mass is 502 g/mol. The van der Waals surface area contributed by atoms with Crippen molar-refractivity contribution in [2.75, 3.05) is 43.9 Å². The van der Waals surface area contributed by atoms with Gasteiger partial charge in [0.2, 0.25) is 5.88 Å². The van der Waals surface area contributed by atoms with Crippen molar-refractivity contribution in [3.05, 3.63) is 42.0 Å². The SMILES string of the molecule is CNS(=O)(=O)N1CC(OC(=O)Nc2cc3cc(-c4cnc5c(c4C)NCCO5)c(F)cc3cn2)C1. The molecule has 3 aromatic rings. The van der Waals surface area contributed by atoms with Crippen molar-refractivity contribution in [2.24, 2.45) is 0 Å². The van der Waals surface area contributed by atoms with Gasteiger partial charge in [0.15, 0.2) is 0 Å². The maximum absolute atomic E-state index is 15.0.